The molecular weight excluding hydrogens is 521 g/mol. The number of hydrogen-bond acceptors (Lipinski definition) is 6. The van der Waals surface area contributed by atoms with Gasteiger partial charge in [0.05, 0.1) is 30.2 Å². The Labute approximate surface area is 232 Å². The number of pyridine rings is 1. The number of nitrogens with two attached hydrogens (primary N) is 1. The first kappa shape index (κ1) is 26.2. The number of halogens is 2. The summed E-state index contributed by atoms with van der Waals surface area (Å²) in [6, 6.07) is 13.5. The molecule has 7 nitrogen and oxygen atoms in total. The fourth-order valence-corrected chi connectivity index (χ4v) is 5.78. The highest BCUT2D eigenvalue weighted by atomic mass is 35.5. The van der Waals surface area contributed by atoms with Crippen LogP contribution in [0.1, 0.15) is 36.6 Å². The van der Waals surface area contributed by atoms with E-state index in [2.05, 4.69) is 54.4 Å². The van der Waals surface area contributed by atoms with Crippen LogP contribution >= 0.6 is 23.2 Å². The third-order valence-electron chi connectivity index (χ3n) is 7.08. The average molecular weight is 553 g/mol. The highest BCUT2D eigenvalue weighted by Crippen LogP contribution is 2.50. The van der Waals surface area contributed by atoms with Crippen LogP contribution < -0.4 is 31.4 Å². The molecule has 0 bridgehead atoms. The topological polar surface area (TPSA) is 75.8 Å². The molecule has 2 aliphatic rings. The van der Waals surface area contributed by atoms with Crippen LogP contribution in [-0.4, -0.2) is 11.7 Å². The highest BCUT2D eigenvalue weighted by Gasteiger charge is 2.43. The van der Waals surface area contributed by atoms with Crippen LogP contribution in [0.2, 0.25) is 10.0 Å². The SMILES string of the molecule is COc1ccc(CN)cc1N1NC2=CN(c3cc(Cl)c(=O)n(C)c3)C(c3ccc(Cl)cc3C)C2=C1C(C)C. The number of anilines is 2. The number of aromatic nitrogens is 1. The van der Waals surface area contributed by atoms with Crippen LogP contribution in [0.25, 0.3) is 0 Å². The molecule has 5 rings (SSSR count). The van der Waals surface area contributed by atoms with Crippen LogP contribution in [0, 0.1) is 12.8 Å². The Balaban J connectivity index is 1.75. The molecule has 0 fully saturated rings. The normalized spacial score (nSPS) is 16.8. The molecule has 1 aromatic heterocycles. The van der Waals surface area contributed by atoms with E-state index >= 15 is 0 Å². The number of nitrogens with one attached hydrogen (secondary N) is 1. The van der Waals surface area contributed by atoms with Crippen molar-refractivity contribution in [3.05, 3.63) is 109 Å². The number of rotatable bonds is 6. The third-order valence-corrected chi connectivity index (χ3v) is 7.58. The van der Waals surface area contributed by atoms with Gasteiger partial charge in [0.2, 0.25) is 0 Å². The fraction of sp³-hybridized carbons (Fsp3) is 0.276. The molecule has 1 unspecified atom stereocenters. The third kappa shape index (κ3) is 4.34. The second-order valence-corrected chi connectivity index (χ2v) is 10.8. The van der Waals surface area contributed by atoms with Crippen LogP contribution in [-0.2, 0) is 13.6 Å². The zero-order chi connectivity index (χ0) is 27.3. The number of allylic oxidation sites excluding steroid dienone is 1. The van der Waals surface area contributed by atoms with Crippen molar-refractivity contribution in [1.29, 1.82) is 0 Å². The zero-order valence-electron chi connectivity index (χ0n) is 22.0. The quantitative estimate of drug-likeness (QED) is 0.403. The Bertz CT molecular complexity index is 1520. The Morgan fingerprint density at radius 1 is 1.13 bits per heavy atom. The van der Waals surface area contributed by atoms with E-state index in [1.165, 1.54) is 4.57 Å². The van der Waals surface area contributed by atoms with Crippen molar-refractivity contribution in [2.75, 3.05) is 17.0 Å². The molecule has 0 saturated heterocycles. The number of nitrogens with zero attached hydrogens (tertiary/aromatic N) is 3. The van der Waals surface area contributed by atoms with Crippen molar-refractivity contribution in [2.45, 2.75) is 33.4 Å². The van der Waals surface area contributed by atoms with Crippen molar-refractivity contribution in [3.8, 4) is 5.75 Å². The van der Waals surface area contributed by atoms with Gasteiger partial charge < -0.3 is 19.9 Å². The van der Waals surface area contributed by atoms with Crippen LogP contribution in [0.3, 0.4) is 0 Å². The summed E-state index contributed by atoms with van der Waals surface area (Å²) < 4.78 is 7.25. The number of benzene rings is 2. The first-order valence-corrected chi connectivity index (χ1v) is 13.2. The Morgan fingerprint density at radius 3 is 2.53 bits per heavy atom. The minimum Gasteiger partial charge on any atom is -0.494 e. The number of hydrazine groups is 1. The molecule has 0 aliphatic carbocycles. The molecule has 0 saturated carbocycles. The molecule has 38 heavy (non-hydrogen) atoms. The summed E-state index contributed by atoms with van der Waals surface area (Å²) in [5, 5.41) is 2.96. The summed E-state index contributed by atoms with van der Waals surface area (Å²) in [6.45, 7) is 6.84. The molecule has 2 aromatic carbocycles. The lowest BCUT2D eigenvalue weighted by Crippen LogP contribution is -2.34. The van der Waals surface area contributed by atoms with E-state index in [9.17, 15) is 4.79 Å². The van der Waals surface area contributed by atoms with Gasteiger partial charge in [-0.05, 0) is 59.9 Å². The predicted octanol–water partition coefficient (Wildman–Crippen LogP) is 5.81. The molecular formula is C29H31Cl2N5O2. The largest absolute Gasteiger partial charge is 0.494 e. The number of aryl methyl sites for hydroxylation is 2. The fourth-order valence-electron chi connectivity index (χ4n) is 5.30. The molecule has 0 radical (unpaired) electrons. The lowest BCUT2D eigenvalue weighted by Gasteiger charge is -2.32. The van der Waals surface area contributed by atoms with Crippen molar-refractivity contribution >= 4 is 34.6 Å². The highest BCUT2D eigenvalue weighted by molar-refractivity contribution is 6.31. The van der Waals surface area contributed by atoms with Gasteiger partial charge in [-0.1, -0.05) is 49.2 Å². The smallest absolute Gasteiger partial charge is 0.269 e. The van der Waals surface area contributed by atoms with E-state index < -0.39 is 0 Å². The summed E-state index contributed by atoms with van der Waals surface area (Å²) in [7, 11) is 3.38. The lowest BCUT2D eigenvalue weighted by atomic mass is 9.91. The monoisotopic (exact) mass is 551 g/mol. The van der Waals surface area contributed by atoms with Crippen molar-refractivity contribution in [1.82, 2.24) is 9.99 Å². The molecule has 0 spiro atoms. The molecule has 0 amide bonds. The van der Waals surface area contributed by atoms with E-state index in [1.54, 1.807) is 20.2 Å². The maximum absolute atomic E-state index is 12.4. The maximum atomic E-state index is 12.4. The Kier molecular flexibility index (Phi) is 6.94. The summed E-state index contributed by atoms with van der Waals surface area (Å²) in [6.07, 6.45) is 3.89. The molecule has 198 valence electrons. The predicted molar refractivity (Wildman–Crippen MR) is 155 cm³/mol. The number of methoxy groups -OCH3 is 1. The van der Waals surface area contributed by atoms with Crippen molar-refractivity contribution in [3.63, 3.8) is 0 Å². The first-order chi connectivity index (χ1) is 18.1. The number of ether oxygens (including phenoxy) is 1. The molecule has 9 heteroatoms. The molecule has 2 aliphatic heterocycles. The van der Waals surface area contributed by atoms with Crippen molar-refractivity contribution < 1.29 is 4.74 Å². The van der Waals surface area contributed by atoms with E-state index in [-0.39, 0.29) is 22.5 Å². The minimum atomic E-state index is -0.236. The second-order valence-electron chi connectivity index (χ2n) is 9.93. The van der Waals surface area contributed by atoms with Gasteiger partial charge in [0.25, 0.3) is 5.56 Å². The van der Waals surface area contributed by atoms with Gasteiger partial charge in [0, 0.05) is 36.6 Å². The van der Waals surface area contributed by atoms with E-state index in [0.717, 1.165) is 50.8 Å². The standard InChI is InChI=1S/C29H31Cl2N5O2/c1-16(2)27-26-23(33-36(27)24-11-18(13-32)6-9-25(24)38-5)15-35(20-12-22(31)29(37)34(4)14-20)28(26)21-8-7-19(30)10-17(21)3/h6-12,14-16,28,33H,13,32H2,1-5H3. The van der Waals surface area contributed by atoms with E-state index in [0.29, 0.717) is 11.6 Å². The number of fused-ring (bicyclic) bond motifs is 1. The van der Waals surface area contributed by atoms with Crippen LogP contribution in [0.4, 0.5) is 11.4 Å². The maximum Gasteiger partial charge on any atom is 0.269 e. The molecule has 3 heterocycles. The number of hydrogen-bond donors (Lipinski definition) is 2. The second kappa shape index (κ2) is 10.1. The average Bonchev–Trinajstić information content (AvgIpc) is 3.43. The van der Waals surface area contributed by atoms with Gasteiger partial charge in [-0.2, -0.15) is 0 Å². The summed E-state index contributed by atoms with van der Waals surface area (Å²) in [5.41, 5.74) is 17.5. The summed E-state index contributed by atoms with van der Waals surface area (Å²) >= 11 is 12.7. The molecule has 3 N–H and O–H groups in total. The van der Waals surface area contributed by atoms with Gasteiger partial charge in [-0.15, -0.1) is 0 Å². The first-order valence-electron chi connectivity index (χ1n) is 12.4. The summed E-state index contributed by atoms with van der Waals surface area (Å²) in [5.74, 6) is 0.906. The Morgan fingerprint density at radius 2 is 1.89 bits per heavy atom. The van der Waals surface area contributed by atoms with Gasteiger partial charge in [0.1, 0.15) is 16.5 Å². The van der Waals surface area contributed by atoms with Crippen LogP contribution in [0.5, 0.6) is 5.75 Å². The minimum absolute atomic E-state index is 0.161. The lowest BCUT2D eigenvalue weighted by molar-refractivity contribution is 0.414. The molecule has 3 aromatic rings. The molecule has 1 atom stereocenters. The van der Waals surface area contributed by atoms with Gasteiger partial charge in [-0.3, -0.25) is 15.2 Å². The summed E-state index contributed by atoms with van der Waals surface area (Å²) in [4.78, 5) is 14.5. The van der Waals surface area contributed by atoms with Gasteiger partial charge in [0.15, 0.2) is 0 Å². The zero-order valence-corrected chi connectivity index (χ0v) is 23.6. The van der Waals surface area contributed by atoms with E-state index in [4.69, 9.17) is 33.7 Å². The van der Waals surface area contributed by atoms with Gasteiger partial charge in [-0.25, -0.2) is 0 Å². The van der Waals surface area contributed by atoms with E-state index in [1.807, 2.05) is 30.5 Å². The van der Waals surface area contributed by atoms with Crippen molar-refractivity contribution in [2.24, 2.45) is 18.7 Å². The van der Waals surface area contributed by atoms with Gasteiger partial charge >= 0.3 is 0 Å². The van der Waals surface area contributed by atoms with Crippen LogP contribution in [0.15, 0.2) is 76.6 Å². The Hall–Kier alpha value is -3.39.